The van der Waals surface area contributed by atoms with Crippen LogP contribution in [0.25, 0.3) is 0 Å². The molecule has 2 fully saturated rings. The summed E-state index contributed by atoms with van der Waals surface area (Å²) < 4.78 is 5.68. The van der Waals surface area contributed by atoms with Gasteiger partial charge in [0, 0.05) is 52.9 Å². The Morgan fingerprint density at radius 1 is 1.21 bits per heavy atom. The second kappa shape index (κ2) is 11.2. The number of halogens is 1. The third-order valence-corrected chi connectivity index (χ3v) is 6.57. The number of likely N-dealkylation sites (tertiary alicyclic amines) is 2. The highest BCUT2D eigenvalue weighted by Gasteiger charge is 2.28. The smallest absolute Gasteiger partial charge is 0.319 e. The molecule has 1 aromatic rings. The number of nitrogens with zero attached hydrogens (tertiary/aromatic N) is 4. The highest BCUT2D eigenvalue weighted by atomic mass is 35.5. The second-order valence-corrected chi connectivity index (χ2v) is 9.94. The first-order valence-corrected chi connectivity index (χ1v) is 12.1. The van der Waals surface area contributed by atoms with E-state index in [9.17, 15) is 9.59 Å². The molecule has 0 aromatic carbocycles. The van der Waals surface area contributed by atoms with E-state index in [0.717, 1.165) is 58.4 Å². The first-order valence-electron chi connectivity index (χ1n) is 11.8. The zero-order valence-electron chi connectivity index (χ0n) is 20.1. The minimum absolute atomic E-state index is 0.0940. The van der Waals surface area contributed by atoms with Gasteiger partial charge in [-0.1, -0.05) is 11.6 Å². The Bertz CT molecular complexity index is 834. The van der Waals surface area contributed by atoms with Crippen LogP contribution >= 0.6 is 11.6 Å². The number of piperidine rings is 2. The molecule has 2 saturated heterocycles. The number of ether oxygens (including phenoxy) is 1. The number of nitrogens with one attached hydrogen (secondary N) is 1. The summed E-state index contributed by atoms with van der Waals surface area (Å²) in [5, 5.41) is 3.35. The number of nitrogens with two attached hydrogens (primary N) is 1. The number of rotatable bonds is 6. The van der Waals surface area contributed by atoms with E-state index in [1.54, 1.807) is 19.0 Å². The summed E-state index contributed by atoms with van der Waals surface area (Å²) in [6.07, 6.45) is 3.72. The van der Waals surface area contributed by atoms with E-state index in [2.05, 4.69) is 15.2 Å². The predicted molar refractivity (Wildman–Crippen MR) is 130 cm³/mol. The minimum Gasteiger partial charge on any atom is -0.474 e. The molecule has 33 heavy (non-hydrogen) atoms. The summed E-state index contributed by atoms with van der Waals surface area (Å²) >= 11 is 6.11. The Morgan fingerprint density at radius 3 is 2.42 bits per heavy atom. The maximum Gasteiger partial charge on any atom is 0.319 e. The minimum atomic E-state index is -0.239. The average molecular weight is 481 g/mol. The highest BCUT2D eigenvalue weighted by Crippen LogP contribution is 2.27. The summed E-state index contributed by atoms with van der Waals surface area (Å²) in [6, 6.07) is 1.72. The summed E-state index contributed by atoms with van der Waals surface area (Å²) in [4.78, 5) is 35.3. The fourth-order valence-electron chi connectivity index (χ4n) is 4.44. The van der Waals surface area contributed by atoms with Crippen LogP contribution in [0.1, 0.15) is 49.9 Å². The first-order chi connectivity index (χ1) is 15.6. The molecule has 0 spiro atoms. The van der Waals surface area contributed by atoms with Crippen LogP contribution in [-0.4, -0.2) is 90.6 Å². The summed E-state index contributed by atoms with van der Waals surface area (Å²) in [5.41, 5.74) is 6.11. The van der Waals surface area contributed by atoms with Gasteiger partial charge in [0.15, 0.2) is 0 Å². The monoisotopic (exact) mass is 480 g/mol. The maximum absolute atomic E-state index is 12.9. The molecule has 9 nitrogen and oxygen atoms in total. The number of hydrogen-bond donors (Lipinski definition) is 2. The number of aromatic nitrogens is 1. The Kier molecular flexibility index (Phi) is 8.64. The van der Waals surface area contributed by atoms with Crippen molar-refractivity contribution in [1.82, 2.24) is 25.0 Å². The second-order valence-electron chi connectivity index (χ2n) is 9.53. The molecule has 10 heteroatoms. The van der Waals surface area contributed by atoms with E-state index in [1.807, 2.05) is 18.7 Å². The Labute approximate surface area is 201 Å². The molecular formula is C23H37ClN6O3. The molecule has 0 aliphatic carbocycles. The molecule has 2 aliphatic heterocycles. The fraction of sp³-hybridized carbons (Fsp3) is 0.696. The summed E-state index contributed by atoms with van der Waals surface area (Å²) in [5.74, 6) is 0.729. The van der Waals surface area contributed by atoms with Gasteiger partial charge in [-0.25, -0.2) is 4.79 Å². The van der Waals surface area contributed by atoms with Gasteiger partial charge in [0.1, 0.15) is 11.4 Å². The number of amides is 3. The lowest BCUT2D eigenvalue weighted by Gasteiger charge is -2.38. The molecule has 1 aromatic heterocycles. The van der Waals surface area contributed by atoms with Crippen LogP contribution in [0.4, 0.5) is 10.6 Å². The Balaban J connectivity index is 1.47. The zero-order valence-corrected chi connectivity index (χ0v) is 20.9. The number of urea groups is 1. The van der Waals surface area contributed by atoms with Crippen molar-refractivity contribution >= 4 is 29.4 Å². The summed E-state index contributed by atoms with van der Waals surface area (Å²) in [7, 11) is 3.60. The predicted octanol–water partition coefficient (Wildman–Crippen LogP) is 2.69. The van der Waals surface area contributed by atoms with Crippen molar-refractivity contribution in [1.29, 1.82) is 0 Å². The van der Waals surface area contributed by atoms with E-state index in [-0.39, 0.29) is 40.8 Å². The van der Waals surface area contributed by atoms with Crippen LogP contribution in [0.2, 0.25) is 5.02 Å². The summed E-state index contributed by atoms with van der Waals surface area (Å²) in [6.45, 7) is 8.33. The molecule has 3 rings (SSSR count). The lowest BCUT2D eigenvalue weighted by molar-refractivity contribution is 0.0884. The number of carbonyl (C=O) groups is 2. The number of anilines is 1. The molecule has 0 bridgehead atoms. The molecule has 0 unspecified atom stereocenters. The van der Waals surface area contributed by atoms with Crippen molar-refractivity contribution in [2.45, 2.75) is 51.7 Å². The van der Waals surface area contributed by atoms with E-state index in [0.29, 0.717) is 11.5 Å². The van der Waals surface area contributed by atoms with Crippen molar-refractivity contribution in [3.05, 3.63) is 16.7 Å². The standard InChI is InChI=1S/C23H37ClN6O3/c1-15(2)33-22-18(13-19(24)20(25)27-22)21(31)26-17-7-9-29(10-8-17)14-16-5-11-30(12-6-16)23(32)28(3)4/h13,15-17H,5-12,14H2,1-4H3,(H2,25,27)(H,26,31). The quantitative estimate of drug-likeness (QED) is 0.648. The molecule has 3 heterocycles. The lowest BCUT2D eigenvalue weighted by Crippen LogP contribution is -2.48. The van der Waals surface area contributed by atoms with Gasteiger partial charge in [-0.2, -0.15) is 4.98 Å². The molecule has 0 radical (unpaired) electrons. The molecule has 3 N–H and O–H groups in total. The van der Waals surface area contributed by atoms with Gasteiger partial charge >= 0.3 is 6.03 Å². The SMILES string of the molecule is CC(C)Oc1nc(N)c(Cl)cc1C(=O)NC1CCN(CC2CCN(C(=O)N(C)C)CC2)CC1. The molecule has 0 saturated carbocycles. The van der Waals surface area contributed by atoms with Gasteiger partial charge in [0.25, 0.3) is 5.91 Å². The fourth-order valence-corrected chi connectivity index (χ4v) is 4.59. The van der Waals surface area contributed by atoms with Crippen LogP contribution in [0.3, 0.4) is 0 Å². The molecule has 3 amide bonds. The van der Waals surface area contributed by atoms with E-state index in [4.69, 9.17) is 22.1 Å². The van der Waals surface area contributed by atoms with Gasteiger partial charge in [0.05, 0.1) is 11.1 Å². The highest BCUT2D eigenvalue weighted by molar-refractivity contribution is 6.33. The van der Waals surface area contributed by atoms with Crippen LogP contribution < -0.4 is 15.8 Å². The Hall–Kier alpha value is -2.26. The largest absolute Gasteiger partial charge is 0.474 e. The molecular weight excluding hydrogens is 444 g/mol. The van der Waals surface area contributed by atoms with Crippen molar-refractivity contribution in [3.8, 4) is 5.88 Å². The van der Waals surface area contributed by atoms with E-state index >= 15 is 0 Å². The molecule has 2 aliphatic rings. The number of pyridine rings is 1. The van der Waals surface area contributed by atoms with Crippen molar-refractivity contribution in [3.63, 3.8) is 0 Å². The first kappa shape index (κ1) is 25.4. The number of carbonyl (C=O) groups excluding carboxylic acids is 2. The van der Waals surface area contributed by atoms with Crippen molar-refractivity contribution in [2.24, 2.45) is 5.92 Å². The van der Waals surface area contributed by atoms with Gasteiger partial charge < -0.3 is 30.5 Å². The Morgan fingerprint density at radius 2 is 1.85 bits per heavy atom. The van der Waals surface area contributed by atoms with Crippen LogP contribution in [-0.2, 0) is 0 Å². The molecule has 184 valence electrons. The van der Waals surface area contributed by atoms with E-state index < -0.39 is 0 Å². The zero-order chi connectivity index (χ0) is 24.1. The maximum atomic E-state index is 12.9. The van der Waals surface area contributed by atoms with Gasteiger partial charge in [-0.15, -0.1) is 0 Å². The number of nitrogen functional groups attached to an aromatic ring is 1. The van der Waals surface area contributed by atoms with Crippen LogP contribution in [0, 0.1) is 5.92 Å². The van der Waals surface area contributed by atoms with Crippen molar-refractivity contribution < 1.29 is 14.3 Å². The normalized spacial score (nSPS) is 18.4. The topological polar surface area (TPSA) is 104 Å². The van der Waals surface area contributed by atoms with Gasteiger partial charge in [-0.3, -0.25) is 4.79 Å². The lowest BCUT2D eigenvalue weighted by atomic mass is 9.95. The molecule has 0 atom stereocenters. The third-order valence-electron chi connectivity index (χ3n) is 6.27. The van der Waals surface area contributed by atoms with Crippen LogP contribution in [0.5, 0.6) is 5.88 Å². The number of hydrogen-bond acceptors (Lipinski definition) is 6. The van der Waals surface area contributed by atoms with E-state index in [1.165, 1.54) is 6.07 Å². The average Bonchev–Trinajstić information content (AvgIpc) is 2.77. The van der Waals surface area contributed by atoms with Gasteiger partial charge in [0.2, 0.25) is 5.88 Å². The van der Waals surface area contributed by atoms with Gasteiger partial charge in [-0.05, 0) is 51.5 Å². The van der Waals surface area contributed by atoms with Crippen LogP contribution in [0.15, 0.2) is 6.07 Å². The third kappa shape index (κ3) is 6.86. The van der Waals surface area contributed by atoms with Crippen molar-refractivity contribution in [2.75, 3.05) is 52.6 Å².